The SMILES string of the molecule is CC[C@H](C)Cn1c(-c2c(F)cc(OCCN(C)C)cc2F)c(Cl)nc(-n2cccn2)c1=O. The largest absolute Gasteiger partial charge is 0.492 e. The van der Waals surface area contributed by atoms with Gasteiger partial charge in [0, 0.05) is 37.6 Å². The summed E-state index contributed by atoms with van der Waals surface area (Å²) in [6, 6.07) is 3.81. The lowest BCUT2D eigenvalue weighted by atomic mass is 10.1. The molecule has 0 aliphatic rings. The van der Waals surface area contributed by atoms with E-state index >= 15 is 8.78 Å². The fraction of sp³-hybridized carbons (Fsp3) is 0.409. The average Bonchev–Trinajstić information content (AvgIpc) is 3.26. The maximum absolute atomic E-state index is 15.1. The second-order valence-corrected chi connectivity index (χ2v) is 8.23. The van der Waals surface area contributed by atoms with Gasteiger partial charge in [-0.25, -0.2) is 18.4 Å². The van der Waals surface area contributed by atoms with Crippen molar-refractivity contribution in [3.05, 3.63) is 57.7 Å². The second-order valence-electron chi connectivity index (χ2n) is 7.87. The second kappa shape index (κ2) is 10.2. The standard InChI is InChI=1S/C22H26ClF2N5O2/c1-5-14(2)13-29-19(20(23)27-21(22(29)31)30-8-6-7-26-30)18-16(24)11-15(12-17(18)25)32-10-9-28(3)4/h6-8,11-12,14H,5,9-10,13H2,1-4H3/t14-/m0/s1. The predicted molar refractivity (Wildman–Crippen MR) is 119 cm³/mol. The summed E-state index contributed by atoms with van der Waals surface area (Å²) in [4.78, 5) is 19.3. The third-order valence-corrected chi connectivity index (χ3v) is 5.34. The highest BCUT2D eigenvalue weighted by atomic mass is 35.5. The average molecular weight is 466 g/mol. The molecule has 10 heteroatoms. The summed E-state index contributed by atoms with van der Waals surface area (Å²) in [6.45, 7) is 4.97. The molecule has 0 unspecified atom stereocenters. The van der Waals surface area contributed by atoms with Crippen LogP contribution in [0.4, 0.5) is 8.78 Å². The van der Waals surface area contributed by atoms with Crippen LogP contribution in [0.3, 0.4) is 0 Å². The number of benzene rings is 1. The van der Waals surface area contributed by atoms with Crippen molar-refractivity contribution in [1.82, 2.24) is 24.2 Å². The maximum Gasteiger partial charge on any atom is 0.296 e. The Morgan fingerprint density at radius 1 is 1.25 bits per heavy atom. The summed E-state index contributed by atoms with van der Waals surface area (Å²) in [5.74, 6) is -1.72. The number of ether oxygens (including phenoxy) is 1. The lowest BCUT2D eigenvalue weighted by Crippen LogP contribution is -2.30. The van der Waals surface area contributed by atoms with Crippen molar-refractivity contribution < 1.29 is 13.5 Å². The molecule has 3 aromatic rings. The van der Waals surface area contributed by atoms with E-state index in [1.54, 1.807) is 12.3 Å². The lowest BCUT2D eigenvalue weighted by Gasteiger charge is -2.20. The molecule has 3 rings (SSSR count). The fourth-order valence-electron chi connectivity index (χ4n) is 3.13. The van der Waals surface area contributed by atoms with Crippen molar-refractivity contribution in [2.75, 3.05) is 27.2 Å². The molecule has 2 aromatic heterocycles. The van der Waals surface area contributed by atoms with Gasteiger partial charge in [-0.05, 0) is 26.1 Å². The van der Waals surface area contributed by atoms with E-state index in [1.807, 2.05) is 32.8 Å². The molecular weight excluding hydrogens is 440 g/mol. The molecule has 0 amide bonds. The molecule has 1 atom stereocenters. The first kappa shape index (κ1) is 23.9. The van der Waals surface area contributed by atoms with Crippen LogP contribution in [0.1, 0.15) is 20.3 Å². The number of rotatable bonds is 9. The van der Waals surface area contributed by atoms with Crippen LogP contribution >= 0.6 is 11.6 Å². The van der Waals surface area contributed by atoms with Crippen LogP contribution in [0.2, 0.25) is 5.15 Å². The number of hydrogen-bond donors (Lipinski definition) is 0. The monoisotopic (exact) mass is 465 g/mol. The summed E-state index contributed by atoms with van der Waals surface area (Å²) in [6.07, 6.45) is 3.80. The van der Waals surface area contributed by atoms with Gasteiger partial charge in [0.2, 0.25) is 5.82 Å². The van der Waals surface area contributed by atoms with Crippen molar-refractivity contribution in [1.29, 1.82) is 0 Å². The summed E-state index contributed by atoms with van der Waals surface area (Å²) < 4.78 is 38.2. The van der Waals surface area contributed by atoms with Crippen molar-refractivity contribution in [3.63, 3.8) is 0 Å². The van der Waals surface area contributed by atoms with E-state index in [0.29, 0.717) is 6.54 Å². The molecule has 172 valence electrons. The van der Waals surface area contributed by atoms with Gasteiger partial charge in [-0.15, -0.1) is 0 Å². The van der Waals surface area contributed by atoms with Crippen LogP contribution in [0.25, 0.3) is 17.1 Å². The van der Waals surface area contributed by atoms with Gasteiger partial charge in [-0.2, -0.15) is 5.10 Å². The Balaban J connectivity index is 2.14. The zero-order valence-electron chi connectivity index (χ0n) is 18.5. The van der Waals surface area contributed by atoms with Crippen LogP contribution in [0.15, 0.2) is 35.4 Å². The molecule has 0 bridgehead atoms. The molecule has 2 heterocycles. The maximum atomic E-state index is 15.1. The first-order valence-corrected chi connectivity index (χ1v) is 10.7. The summed E-state index contributed by atoms with van der Waals surface area (Å²) in [5, 5.41) is 3.84. The Labute approximate surface area is 190 Å². The third kappa shape index (κ3) is 5.16. The van der Waals surface area contributed by atoms with E-state index < -0.39 is 22.8 Å². The van der Waals surface area contributed by atoms with Gasteiger partial charge in [0.25, 0.3) is 5.56 Å². The van der Waals surface area contributed by atoms with Crippen molar-refractivity contribution >= 4 is 11.6 Å². The number of halogens is 3. The lowest BCUT2D eigenvalue weighted by molar-refractivity contribution is 0.259. The summed E-state index contributed by atoms with van der Waals surface area (Å²) >= 11 is 6.40. The molecule has 7 nitrogen and oxygen atoms in total. The Morgan fingerprint density at radius 2 is 1.94 bits per heavy atom. The van der Waals surface area contributed by atoms with Gasteiger partial charge in [0.15, 0.2) is 5.15 Å². The smallest absolute Gasteiger partial charge is 0.296 e. The number of hydrogen-bond acceptors (Lipinski definition) is 5. The normalized spacial score (nSPS) is 12.4. The van der Waals surface area contributed by atoms with Gasteiger partial charge in [-0.3, -0.25) is 4.79 Å². The Morgan fingerprint density at radius 3 is 2.50 bits per heavy atom. The molecule has 0 saturated heterocycles. The first-order valence-electron chi connectivity index (χ1n) is 10.3. The van der Waals surface area contributed by atoms with Crippen LogP contribution in [0, 0.1) is 17.6 Å². The Bertz CT molecular complexity index is 1110. The van der Waals surface area contributed by atoms with E-state index in [0.717, 1.165) is 18.6 Å². The molecule has 32 heavy (non-hydrogen) atoms. The minimum atomic E-state index is -0.891. The van der Waals surface area contributed by atoms with Gasteiger partial charge in [-0.1, -0.05) is 31.9 Å². The van der Waals surface area contributed by atoms with Gasteiger partial charge in [0.05, 0.1) is 11.3 Å². The first-order chi connectivity index (χ1) is 15.2. The highest BCUT2D eigenvalue weighted by Crippen LogP contribution is 2.34. The molecule has 0 saturated carbocycles. The van der Waals surface area contributed by atoms with Crippen LogP contribution in [-0.4, -0.2) is 51.5 Å². The number of likely N-dealkylation sites (N-methyl/N-ethyl adjacent to an activating group) is 1. The molecular formula is C22H26ClF2N5O2. The van der Waals surface area contributed by atoms with Gasteiger partial charge in [0.1, 0.15) is 24.0 Å². The van der Waals surface area contributed by atoms with Crippen molar-refractivity contribution in [2.45, 2.75) is 26.8 Å². The molecule has 1 aromatic carbocycles. The Hall–Kier alpha value is -2.78. The zero-order valence-corrected chi connectivity index (χ0v) is 19.2. The number of aromatic nitrogens is 4. The minimum Gasteiger partial charge on any atom is -0.492 e. The van der Waals surface area contributed by atoms with Crippen LogP contribution in [-0.2, 0) is 6.54 Å². The highest BCUT2D eigenvalue weighted by Gasteiger charge is 2.25. The number of nitrogens with zero attached hydrogens (tertiary/aromatic N) is 5. The van der Waals surface area contributed by atoms with Crippen molar-refractivity contribution in [3.8, 4) is 22.8 Å². The van der Waals surface area contributed by atoms with E-state index in [1.165, 1.54) is 15.4 Å². The van der Waals surface area contributed by atoms with E-state index in [4.69, 9.17) is 16.3 Å². The molecule has 0 N–H and O–H groups in total. The molecule has 0 aliphatic heterocycles. The van der Waals surface area contributed by atoms with Crippen LogP contribution in [0.5, 0.6) is 5.75 Å². The predicted octanol–water partition coefficient (Wildman–Crippen LogP) is 4.01. The van der Waals surface area contributed by atoms with Gasteiger partial charge >= 0.3 is 0 Å². The molecule has 0 aliphatic carbocycles. The summed E-state index contributed by atoms with van der Waals surface area (Å²) in [5.41, 5.74) is -1.07. The molecule has 0 radical (unpaired) electrons. The Kier molecular flexibility index (Phi) is 7.63. The topological polar surface area (TPSA) is 65.2 Å². The fourth-order valence-corrected chi connectivity index (χ4v) is 3.41. The quantitative estimate of drug-likeness (QED) is 0.477. The minimum absolute atomic E-state index is 0.0449. The highest BCUT2D eigenvalue weighted by molar-refractivity contribution is 6.31. The third-order valence-electron chi connectivity index (χ3n) is 5.08. The van der Waals surface area contributed by atoms with Crippen molar-refractivity contribution in [2.24, 2.45) is 5.92 Å². The zero-order chi connectivity index (χ0) is 23.4. The molecule has 0 spiro atoms. The van der Waals surface area contributed by atoms with E-state index in [2.05, 4.69) is 10.1 Å². The van der Waals surface area contributed by atoms with E-state index in [-0.39, 0.29) is 41.5 Å². The van der Waals surface area contributed by atoms with Crippen LogP contribution < -0.4 is 10.3 Å². The van der Waals surface area contributed by atoms with E-state index in [9.17, 15) is 4.79 Å². The molecule has 0 fully saturated rings. The van der Waals surface area contributed by atoms with Gasteiger partial charge < -0.3 is 14.2 Å². The summed E-state index contributed by atoms with van der Waals surface area (Å²) in [7, 11) is 3.73.